The molecule has 3 aliphatic carbocycles. The lowest BCUT2D eigenvalue weighted by Gasteiger charge is -2.44. The molecule has 0 saturated heterocycles. The highest BCUT2D eigenvalue weighted by Gasteiger charge is 2.50. The Morgan fingerprint density at radius 3 is 2.60 bits per heavy atom. The Labute approximate surface area is 188 Å². The summed E-state index contributed by atoms with van der Waals surface area (Å²) in [6, 6.07) is 0. The SMILES string of the molecule is C=C1/C(=C\C=C2/CCC[C@]3(C)[C@@H]([C@H](C)CCCC(C)(C)C)CC[C@@H]23)C[C@@H](C)C[C@@H]1C. The van der Waals surface area contributed by atoms with E-state index in [0.717, 1.165) is 23.7 Å². The summed E-state index contributed by atoms with van der Waals surface area (Å²) in [4.78, 5) is 0. The maximum Gasteiger partial charge on any atom is -0.0143 e. The van der Waals surface area contributed by atoms with Gasteiger partial charge in [-0.15, -0.1) is 0 Å². The molecule has 30 heavy (non-hydrogen) atoms. The van der Waals surface area contributed by atoms with E-state index in [2.05, 4.69) is 67.2 Å². The predicted octanol–water partition coefficient (Wildman–Crippen LogP) is 9.53. The van der Waals surface area contributed by atoms with Crippen molar-refractivity contribution in [2.45, 2.75) is 113 Å². The molecular weight excluding hydrogens is 360 g/mol. The maximum atomic E-state index is 4.44. The van der Waals surface area contributed by atoms with Crippen LogP contribution < -0.4 is 0 Å². The molecule has 3 fully saturated rings. The first kappa shape index (κ1) is 23.9. The van der Waals surface area contributed by atoms with Crippen LogP contribution in [0.25, 0.3) is 0 Å². The molecule has 0 nitrogen and oxygen atoms in total. The third-order valence-electron chi connectivity index (χ3n) is 9.14. The van der Waals surface area contributed by atoms with Crippen molar-refractivity contribution in [2.24, 2.45) is 40.4 Å². The van der Waals surface area contributed by atoms with Crippen LogP contribution in [-0.4, -0.2) is 0 Å². The van der Waals surface area contributed by atoms with E-state index in [9.17, 15) is 0 Å². The summed E-state index contributed by atoms with van der Waals surface area (Å²) >= 11 is 0. The maximum absolute atomic E-state index is 4.44. The van der Waals surface area contributed by atoms with E-state index in [0.29, 0.717) is 16.7 Å². The van der Waals surface area contributed by atoms with Crippen LogP contribution >= 0.6 is 0 Å². The Kier molecular flexibility index (Phi) is 7.46. The highest BCUT2D eigenvalue weighted by molar-refractivity contribution is 5.37. The Hall–Kier alpha value is -0.780. The summed E-state index contributed by atoms with van der Waals surface area (Å²) in [5.74, 6) is 4.07. The molecule has 3 aliphatic rings. The molecule has 0 aromatic heterocycles. The molecule has 0 unspecified atom stereocenters. The van der Waals surface area contributed by atoms with E-state index in [1.165, 1.54) is 75.4 Å². The fourth-order valence-electron chi connectivity index (χ4n) is 7.40. The average Bonchev–Trinajstić information content (AvgIpc) is 3.00. The summed E-state index contributed by atoms with van der Waals surface area (Å²) in [5, 5.41) is 0. The minimum Gasteiger partial charge on any atom is -0.0953 e. The molecule has 3 saturated carbocycles. The standard InChI is InChI=1S/C30H50/c1-21-19-23(3)24(4)26(20-21)14-13-25-12-10-18-30(8)27(15-16-28(25)30)22(2)11-9-17-29(5,6)7/h13-14,21-23,27-28H,4,9-12,15-20H2,1-3,5-8H3/b25-13+,26-14-/t21-,22+,23-,27+,28-,30+/m0/s1. The van der Waals surface area contributed by atoms with Gasteiger partial charge in [0.05, 0.1) is 0 Å². The molecule has 0 heterocycles. The van der Waals surface area contributed by atoms with Crippen LogP contribution in [0, 0.1) is 40.4 Å². The second-order valence-electron chi connectivity index (χ2n) is 12.9. The molecule has 0 radical (unpaired) electrons. The highest BCUT2D eigenvalue weighted by Crippen LogP contribution is 2.60. The molecule has 0 aromatic carbocycles. The van der Waals surface area contributed by atoms with E-state index >= 15 is 0 Å². The van der Waals surface area contributed by atoms with Crippen molar-refractivity contribution in [1.29, 1.82) is 0 Å². The Morgan fingerprint density at radius 2 is 1.90 bits per heavy atom. The van der Waals surface area contributed by atoms with Crippen LogP contribution in [0.15, 0.2) is 35.5 Å². The van der Waals surface area contributed by atoms with E-state index in [4.69, 9.17) is 0 Å². The van der Waals surface area contributed by atoms with E-state index < -0.39 is 0 Å². The molecule has 170 valence electrons. The zero-order valence-electron chi connectivity index (χ0n) is 21.3. The summed E-state index contributed by atoms with van der Waals surface area (Å²) in [6.45, 7) is 21.6. The van der Waals surface area contributed by atoms with Gasteiger partial charge >= 0.3 is 0 Å². The van der Waals surface area contributed by atoms with Crippen molar-refractivity contribution in [3.63, 3.8) is 0 Å². The summed E-state index contributed by atoms with van der Waals surface area (Å²) in [5.41, 5.74) is 5.72. The summed E-state index contributed by atoms with van der Waals surface area (Å²) in [7, 11) is 0. The lowest BCUT2D eigenvalue weighted by molar-refractivity contribution is 0.0920. The van der Waals surface area contributed by atoms with Gasteiger partial charge in [0.15, 0.2) is 0 Å². The molecule has 0 aromatic rings. The van der Waals surface area contributed by atoms with Gasteiger partial charge in [-0.2, -0.15) is 0 Å². The number of allylic oxidation sites excluding steroid dienone is 5. The van der Waals surface area contributed by atoms with E-state index in [-0.39, 0.29) is 0 Å². The van der Waals surface area contributed by atoms with Crippen LogP contribution in [0.3, 0.4) is 0 Å². The molecule has 0 heteroatoms. The van der Waals surface area contributed by atoms with Crippen LogP contribution in [0.2, 0.25) is 0 Å². The topological polar surface area (TPSA) is 0 Å². The number of hydrogen-bond acceptors (Lipinski definition) is 0. The van der Waals surface area contributed by atoms with Gasteiger partial charge in [0.1, 0.15) is 0 Å². The van der Waals surface area contributed by atoms with E-state index in [1.54, 1.807) is 5.57 Å². The minimum absolute atomic E-state index is 0.480. The first-order valence-corrected chi connectivity index (χ1v) is 13.1. The fourth-order valence-corrected chi connectivity index (χ4v) is 7.40. The quantitative estimate of drug-likeness (QED) is 0.423. The second-order valence-corrected chi connectivity index (χ2v) is 12.9. The molecule has 0 aliphatic heterocycles. The van der Waals surface area contributed by atoms with Crippen LogP contribution in [-0.2, 0) is 0 Å². The Bertz CT molecular complexity index is 669. The largest absolute Gasteiger partial charge is 0.0953 e. The highest BCUT2D eigenvalue weighted by atomic mass is 14.5. The van der Waals surface area contributed by atoms with Crippen molar-refractivity contribution in [1.82, 2.24) is 0 Å². The van der Waals surface area contributed by atoms with Gasteiger partial charge in [-0.3, -0.25) is 0 Å². The summed E-state index contributed by atoms with van der Waals surface area (Å²) in [6.07, 6.45) is 18.8. The predicted molar refractivity (Wildman–Crippen MR) is 134 cm³/mol. The molecule has 3 rings (SSSR count). The first-order valence-electron chi connectivity index (χ1n) is 13.1. The Morgan fingerprint density at radius 1 is 1.17 bits per heavy atom. The van der Waals surface area contributed by atoms with Gasteiger partial charge in [0.2, 0.25) is 0 Å². The van der Waals surface area contributed by atoms with Crippen molar-refractivity contribution in [3.8, 4) is 0 Å². The number of fused-ring (bicyclic) bond motifs is 1. The lowest BCUT2D eigenvalue weighted by atomic mass is 9.60. The fraction of sp³-hybridized carbons (Fsp3) is 0.800. The normalized spacial score (nSPS) is 38.8. The van der Waals surface area contributed by atoms with E-state index in [1.807, 2.05) is 0 Å². The second kappa shape index (κ2) is 9.38. The summed E-state index contributed by atoms with van der Waals surface area (Å²) < 4.78 is 0. The van der Waals surface area contributed by atoms with Crippen molar-refractivity contribution < 1.29 is 0 Å². The van der Waals surface area contributed by atoms with Gasteiger partial charge in [-0.05, 0) is 103 Å². The molecule has 6 atom stereocenters. The van der Waals surface area contributed by atoms with Crippen molar-refractivity contribution in [3.05, 3.63) is 35.5 Å². The van der Waals surface area contributed by atoms with Crippen molar-refractivity contribution >= 4 is 0 Å². The van der Waals surface area contributed by atoms with Crippen LogP contribution in [0.5, 0.6) is 0 Å². The van der Waals surface area contributed by atoms with Gasteiger partial charge in [-0.1, -0.05) is 85.6 Å². The third kappa shape index (κ3) is 5.34. The van der Waals surface area contributed by atoms with Crippen LogP contribution in [0.4, 0.5) is 0 Å². The zero-order chi connectivity index (χ0) is 22.1. The van der Waals surface area contributed by atoms with Crippen LogP contribution in [0.1, 0.15) is 113 Å². The minimum atomic E-state index is 0.480. The third-order valence-corrected chi connectivity index (χ3v) is 9.14. The number of rotatable bonds is 5. The molecule has 0 N–H and O–H groups in total. The van der Waals surface area contributed by atoms with Crippen molar-refractivity contribution in [2.75, 3.05) is 0 Å². The van der Waals surface area contributed by atoms with Gasteiger partial charge < -0.3 is 0 Å². The monoisotopic (exact) mass is 410 g/mol. The van der Waals surface area contributed by atoms with Gasteiger partial charge in [0.25, 0.3) is 0 Å². The number of hydrogen-bond donors (Lipinski definition) is 0. The van der Waals surface area contributed by atoms with Gasteiger partial charge in [0, 0.05) is 0 Å². The molecule has 0 amide bonds. The van der Waals surface area contributed by atoms with Gasteiger partial charge in [-0.25, -0.2) is 0 Å². The molecular formula is C30H50. The zero-order valence-corrected chi connectivity index (χ0v) is 21.3. The lowest BCUT2D eigenvalue weighted by Crippen LogP contribution is -2.36. The molecule has 0 bridgehead atoms. The first-order chi connectivity index (χ1) is 14.0. The average molecular weight is 411 g/mol. The molecule has 0 spiro atoms. The Balaban J connectivity index is 1.70. The smallest absolute Gasteiger partial charge is 0.0143 e.